The van der Waals surface area contributed by atoms with Gasteiger partial charge in [0.1, 0.15) is 17.4 Å². The second-order valence-electron chi connectivity index (χ2n) is 5.59. The maximum atomic E-state index is 13.8. The zero-order chi connectivity index (χ0) is 18.0. The smallest absolute Gasteiger partial charge is 0.287 e. The summed E-state index contributed by atoms with van der Waals surface area (Å²) in [5, 5.41) is 3.72. The maximum Gasteiger partial charge on any atom is 0.287 e. The lowest BCUT2D eigenvalue weighted by atomic mass is 10.2. The van der Waals surface area contributed by atoms with Crippen molar-refractivity contribution in [3.63, 3.8) is 0 Å². The third-order valence-electron chi connectivity index (χ3n) is 4.05. The van der Waals surface area contributed by atoms with Gasteiger partial charge in [-0.05, 0) is 12.1 Å². The molecule has 3 rings (SSSR count). The van der Waals surface area contributed by atoms with E-state index in [1.54, 1.807) is 23.1 Å². The molecule has 0 atom stereocenters. The van der Waals surface area contributed by atoms with Gasteiger partial charge in [0.15, 0.2) is 0 Å². The van der Waals surface area contributed by atoms with Crippen molar-refractivity contribution in [3.05, 3.63) is 56.7 Å². The van der Waals surface area contributed by atoms with Crippen LogP contribution in [0.1, 0.15) is 0 Å². The fraction of sp³-hybridized carbons (Fsp3) is 0.312. The number of anilines is 1. The Morgan fingerprint density at radius 1 is 1.16 bits per heavy atom. The van der Waals surface area contributed by atoms with Gasteiger partial charge in [0.25, 0.3) is 5.56 Å². The second kappa shape index (κ2) is 7.41. The number of carbonyl (C=O) groups excluding carboxylic acids is 1. The summed E-state index contributed by atoms with van der Waals surface area (Å²) in [6.07, 6.45) is 1.23. The highest BCUT2D eigenvalue weighted by molar-refractivity contribution is 6.41. The lowest BCUT2D eigenvalue weighted by Crippen LogP contribution is -2.50. The molecule has 1 aliphatic heterocycles. The number of benzene rings is 1. The monoisotopic (exact) mass is 384 g/mol. The van der Waals surface area contributed by atoms with Crippen LogP contribution in [-0.4, -0.2) is 46.8 Å². The number of carbonyl (C=O) groups is 1. The number of hydrogen-bond donors (Lipinski definition) is 0. The first-order chi connectivity index (χ1) is 12.0. The summed E-state index contributed by atoms with van der Waals surface area (Å²) in [5.74, 6) is -0.532. The minimum atomic E-state index is -0.604. The molecule has 1 fully saturated rings. The first-order valence-corrected chi connectivity index (χ1v) is 8.41. The summed E-state index contributed by atoms with van der Waals surface area (Å²) in [7, 11) is 0. The van der Waals surface area contributed by atoms with Crippen molar-refractivity contribution in [2.75, 3.05) is 31.1 Å². The SMILES string of the molecule is O=C(Cn1ncc(Cl)c(Cl)c1=O)N1CCN(c2ccccc2F)CC1. The van der Waals surface area contributed by atoms with Gasteiger partial charge in [0, 0.05) is 26.2 Å². The van der Waals surface area contributed by atoms with Gasteiger partial charge < -0.3 is 9.80 Å². The van der Waals surface area contributed by atoms with Crippen LogP contribution in [0.25, 0.3) is 0 Å². The lowest BCUT2D eigenvalue weighted by molar-refractivity contribution is -0.132. The number of hydrogen-bond acceptors (Lipinski definition) is 4. The zero-order valence-electron chi connectivity index (χ0n) is 13.2. The van der Waals surface area contributed by atoms with Gasteiger partial charge >= 0.3 is 0 Å². The molecule has 6 nitrogen and oxygen atoms in total. The zero-order valence-corrected chi connectivity index (χ0v) is 14.7. The molecule has 132 valence electrons. The summed E-state index contributed by atoms with van der Waals surface area (Å²) < 4.78 is 14.8. The number of amides is 1. The van der Waals surface area contributed by atoms with Gasteiger partial charge in [-0.15, -0.1) is 0 Å². The Morgan fingerprint density at radius 3 is 2.52 bits per heavy atom. The van der Waals surface area contributed by atoms with Crippen molar-refractivity contribution < 1.29 is 9.18 Å². The molecule has 0 N–H and O–H groups in total. The minimum Gasteiger partial charge on any atom is -0.366 e. The third kappa shape index (κ3) is 3.77. The number of nitrogens with zero attached hydrogens (tertiary/aromatic N) is 4. The van der Waals surface area contributed by atoms with E-state index in [0.29, 0.717) is 31.9 Å². The van der Waals surface area contributed by atoms with Crippen LogP contribution >= 0.6 is 23.2 Å². The Kier molecular flexibility index (Phi) is 5.24. The Labute approximate surface area is 153 Å². The molecule has 0 unspecified atom stereocenters. The molecule has 2 aromatic rings. The fourth-order valence-corrected chi connectivity index (χ4v) is 2.96. The van der Waals surface area contributed by atoms with E-state index in [1.807, 2.05) is 4.90 Å². The Bertz CT molecular complexity index is 850. The molecule has 2 heterocycles. The molecule has 1 aromatic heterocycles. The largest absolute Gasteiger partial charge is 0.366 e. The molecule has 9 heteroatoms. The van der Waals surface area contributed by atoms with E-state index >= 15 is 0 Å². The highest BCUT2D eigenvalue weighted by Crippen LogP contribution is 2.20. The van der Waals surface area contributed by atoms with Crippen LogP contribution in [-0.2, 0) is 11.3 Å². The minimum absolute atomic E-state index is 0.0499. The number of para-hydroxylation sites is 1. The lowest BCUT2D eigenvalue weighted by Gasteiger charge is -2.36. The molecule has 0 saturated carbocycles. The highest BCUT2D eigenvalue weighted by atomic mass is 35.5. The summed E-state index contributed by atoms with van der Waals surface area (Å²) in [5.41, 5.74) is -0.0792. The summed E-state index contributed by atoms with van der Waals surface area (Å²) in [6.45, 7) is 1.68. The fourth-order valence-electron chi connectivity index (χ4n) is 2.69. The van der Waals surface area contributed by atoms with Gasteiger partial charge in [-0.1, -0.05) is 35.3 Å². The van der Waals surface area contributed by atoms with E-state index in [-0.39, 0.29) is 28.3 Å². The third-order valence-corrected chi connectivity index (χ3v) is 4.80. The summed E-state index contributed by atoms with van der Waals surface area (Å²) in [6, 6.07) is 6.54. The van der Waals surface area contributed by atoms with Gasteiger partial charge in [0.2, 0.25) is 5.91 Å². The van der Waals surface area contributed by atoms with Crippen LogP contribution in [0.2, 0.25) is 10.0 Å². The highest BCUT2D eigenvalue weighted by Gasteiger charge is 2.23. The van der Waals surface area contributed by atoms with Crippen LogP contribution < -0.4 is 10.5 Å². The predicted octanol–water partition coefficient (Wildman–Crippen LogP) is 2.04. The molecule has 0 spiro atoms. The Balaban J connectivity index is 1.63. The molecule has 0 bridgehead atoms. The predicted molar refractivity (Wildman–Crippen MR) is 93.7 cm³/mol. The quantitative estimate of drug-likeness (QED) is 0.812. The Morgan fingerprint density at radius 2 is 1.84 bits per heavy atom. The molecule has 25 heavy (non-hydrogen) atoms. The Hall–Kier alpha value is -2.12. The average molecular weight is 385 g/mol. The second-order valence-corrected chi connectivity index (χ2v) is 6.37. The molecule has 0 aliphatic carbocycles. The van der Waals surface area contributed by atoms with Crippen LogP contribution in [0.15, 0.2) is 35.3 Å². The van der Waals surface area contributed by atoms with Crippen molar-refractivity contribution >= 4 is 34.8 Å². The summed E-state index contributed by atoms with van der Waals surface area (Å²) >= 11 is 11.5. The number of halogens is 3. The maximum absolute atomic E-state index is 13.8. The first-order valence-electron chi connectivity index (χ1n) is 7.65. The standard InChI is InChI=1S/C16H15Cl2FN4O2/c17-11-9-20-23(16(25)15(11)18)10-14(24)22-7-5-21(6-8-22)13-4-2-1-3-12(13)19/h1-4,9H,5-8,10H2. The van der Waals surface area contributed by atoms with Gasteiger partial charge in [0.05, 0.1) is 16.9 Å². The average Bonchev–Trinajstić information content (AvgIpc) is 2.63. The molecule has 1 aliphatic rings. The van der Waals surface area contributed by atoms with Gasteiger partial charge in [-0.2, -0.15) is 5.10 Å². The molecule has 1 saturated heterocycles. The van der Waals surface area contributed by atoms with Crippen LogP contribution in [0.3, 0.4) is 0 Å². The topological polar surface area (TPSA) is 58.4 Å². The van der Waals surface area contributed by atoms with Gasteiger partial charge in [-0.3, -0.25) is 9.59 Å². The first kappa shape index (κ1) is 17.7. The van der Waals surface area contributed by atoms with Crippen LogP contribution in [0.4, 0.5) is 10.1 Å². The van der Waals surface area contributed by atoms with E-state index in [2.05, 4.69) is 5.10 Å². The van der Waals surface area contributed by atoms with Crippen LogP contribution in [0, 0.1) is 5.82 Å². The van der Waals surface area contributed by atoms with Crippen molar-refractivity contribution in [1.29, 1.82) is 0 Å². The molecule has 1 aromatic carbocycles. The van der Waals surface area contributed by atoms with Crippen molar-refractivity contribution in [3.8, 4) is 0 Å². The molecule has 0 radical (unpaired) electrons. The molecular formula is C16H15Cl2FN4O2. The van der Waals surface area contributed by atoms with Gasteiger partial charge in [-0.25, -0.2) is 9.07 Å². The number of rotatable bonds is 3. The number of piperazine rings is 1. The molecular weight excluding hydrogens is 370 g/mol. The summed E-state index contributed by atoms with van der Waals surface area (Å²) in [4.78, 5) is 27.8. The van der Waals surface area contributed by atoms with E-state index < -0.39 is 5.56 Å². The van der Waals surface area contributed by atoms with E-state index in [4.69, 9.17) is 23.2 Å². The van der Waals surface area contributed by atoms with E-state index in [9.17, 15) is 14.0 Å². The number of aromatic nitrogens is 2. The van der Waals surface area contributed by atoms with Crippen molar-refractivity contribution in [1.82, 2.24) is 14.7 Å². The van der Waals surface area contributed by atoms with E-state index in [1.165, 1.54) is 12.3 Å². The normalized spacial score (nSPS) is 14.7. The van der Waals surface area contributed by atoms with Crippen LogP contribution in [0.5, 0.6) is 0 Å². The van der Waals surface area contributed by atoms with Crippen molar-refractivity contribution in [2.45, 2.75) is 6.54 Å². The van der Waals surface area contributed by atoms with E-state index in [0.717, 1.165) is 4.68 Å². The molecule has 1 amide bonds. The van der Waals surface area contributed by atoms with Crippen molar-refractivity contribution in [2.24, 2.45) is 0 Å².